The minimum atomic E-state index is -1.09. The van der Waals surface area contributed by atoms with Crippen molar-refractivity contribution in [2.24, 2.45) is 39.7 Å². The Balaban J connectivity index is 1.06. The molecule has 4 aliphatic rings. The Morgan fingerprint density at radius 1 is 1.10 bits per heavy atom. The van der Waals surface area contributed by atoms with E-state index in [1.807, 2.05) is 24.3 Å². The average Bonchev–Trinajstić information content (AvgIpc) is 3.53. The molecule has 7 atom stereocenters. The highest BCUT2D eigenvalue weighted by Crippen LogP contribution is 2.66. The Hall–Kier alpha value is -3.42. The van der Waals surface area contributed by atoms with Gasteiger partial charge in [0.2, 0.25) is 0 Å². The van der Waals surface area contributed by atoms with Gasteiger partial charge in [-0.05, 0) is 105 Å². The summed E-state index contributed by atoms with van der Waals surface area (Å²) in [6, 6.07) is 6.61. The number of amides is 1. The van der Waals surface area contributed by atoms with E-state index >= 15 is 0 Å². The maximum Gasteiger partial charge on any atom is 0.326 e. The van der Waals surface area contributed by atoms with Gasteiger partial charge in [0, 0.05) is 29.4 Å². The number of hydrogen-bond donors (Lipinski definition) is 3. The van der Waals surface area contributed by atoms with Gasteiger partial charge in [-0.2, -0.15) is 0 Å². The van der Waals surface area contributed by atoms with Crippen molar-refractivity contribution in [3.8, 4) is 0 Å². The van der Waals surface area contributed by atoms with Crippen molar-refractivity contribution < 1.29 is 24.3 Å². The predicted octanol–water partition coefficient (Wildman–Crippen LogP) is 5.82. The summed E-state index contributed by atoms with van der Waals surface area (Å²) in [7, 11) is 0. The van der Waals surface area contributed by atoms with Gasteiger partial charge in [-0.1, -0.05) is 42.8 Å². The minimum Gasteiger partial charge on any atom is -0.480 e. The number of nitrogens with one attached hydrogen (secondary N) is 2. The van der Waals surface area contributed by atoms with Crippen molar-refractivity contribution in [1.82, 2.24) is 10.3 Å². The largest absolute Gasteiger partial charge is 0.480 e. The first-order chi connectivity index (χ1) is 20.1. The van der Waals surface area contributed by atoms with E-state index in [1.165, 1.54) is 24.8 Å². The van der Waals surface area contributed by atoms with Gasteiger partial charge in [0.25, 0.3) is 5.91 Å². The Morgan fingerprint density at radius 3 is 2.69 bits per heavy atom. The van der Waals surface area contributed by atoms with Gasteiger partial charge in [0.1, 0.15) is 11.8 Å². The molecule has 4 aliphatic carbocycles. The van der Waals surface area contributed by atoms with Crippen LogP contribution in [0.15, 0.2) is 47.3 Å². The van der Waals surface area contributed by atoms with Crippen LogP contribution in [0.4, 0.5) is 0 Å². The topological polar surface area (TPSA) is 121 Å². The van der Waals surface area contributed by atoms with E-state index < -0.39 is 17.9 Å². The highest BCUT2D eigenvalue weighted by Gasteiger charge is 2.59. The van der Waals surface area contributed by atoms with E-state index in [0.717, 1.165) is 54.3 Å². The fraction of sp³-hybridized carbons (Fsp3) is 0.588. The zero-order valence-corrected chi connectivity index (χ0v) is 24.9. The second-order valence-corrected chi connectivity index (χ2v) is 13.7. The van der Waals surface area contributed by atoms with Crippen LogP contribution in [0.2, 0.25) is 0 Å². The molecule has 0 spiro atoms. The Labute approximate surface area is 247 Å². The number of aromatic nitrogens is 1. The van der Waals surface area contributed by atoms with Gasteiger partial charge < -0.3 is 20.2 Å². The molecule has 42 heavy (non-hydrogen) atoms. The molecule has 0 unspecified atom stereocenters. The predicted molar refractivity (Wildman–Crippen MR) is 161 cm³/mol. The normalized spacial score (nSPS) is 33.7. The molecule has 8 nitrogen and oxygen atoms in total. The number of carboxylic acids is 1. The minimum absolute atomic E-state index is 0.145. The molecule has 3 saturated carbocycles. The summed E-state index contributed by atoms with van der Waals surface area (Å²) in [4.78, 5) is 45.5. The van der Waals surface area contributed by atoms with E-state index in [0.29, 0.717) is 23.5 Å². The van der Waals surface area contributed by atoms with E-state index in [2.05, 4.69) is 35.4 Å². The molecule has 0 aliphatic heterocycles. The Morgan fingerprint density at radius 2 is 1.90 bits per heavy atom. The molecule has 8 heteroatoms. The number of rotatable bonds is 8. The number of nitrogens with zero attached hydrogens (tertiary/aromatic N) is 1. The van der Waals surface area contributed by atoms with Crippen LogP contribution in [-0.2, 0) is 25.6 Å². The fourth-order valence-electron chi connectivity index (χ4n) is 9.44. The van der Waals surface area contributed by atoms with Crippen LogP contribution >= 0.6 is 0 Å². The van der Waals surface area contributed by atoms with Gasteiger partial charge in [0.05, 0.1) is 5.71 Å². The zero-order chi connectivity index (χ0) is 29.6. The first kappa shape index (κ1) is 28.7. The van der Waals surface area contributed by atoms with Gasteiger partial charge in [-0.3, -0.25) is 9.59 Å². The lowest BCUT2D eigenvalue weighted by molar-refractivity contribution is -0.142. The van der Waals surface area contributed by atoms with E-state index in [-0.39, 0.29) is 29.8 Å². The average molecular weight is 574 g/mol. The van der Waals surface area contributed by atoms with Crippen molar-refractivity contribution in [2.45, 2.75) is 84.6 Å². The van der Waals surface area contributed by atoms with Crippen molar-refractivity contribution >= 4 is 34.3 Å². The highest BCUT2D eigenvalue weighted by atomic mass is 16.6. The Kier molecular flexibility index (Phi) is 7.52. The van der Waals surface area contributed by atoms with Gasteiger partial charge in [-0.25, -0.2) is 4.79 Å². The third-order valence-electron chi connectivity index (χ3n) is 11.6. The van der Waals surface area contributed by atoms with E-state index in [4.69, 9.17) is 4.84 Å². The molecule has 0 bridgehead atoms. The lowest BCUT2D eigenvalue weighted by atomic mass is 9.46. The number of benzene rings is 1. The standard InChI is InChI=1S/C34H43N3O5/c1-20(38)26-10-11-27-25-9-8-22-17-23(12-14-33(22,2)28(25)13-15-34(26,27)3)37-42-19-31(39)36-30(32(40)41)16-21-18-35-29-7-5-4-6-24(21)29/h4-7,17-18,25-28,30,35H,8-16,19H2,1-3H3,(H,36,39)(H,40,41)/t25-,26-,27+,28+,30+,33-,34+/m0/s1. The number of Topliss-reactive ketones (excluding diaryl/α,β-unsaturated/α-hetero) is 1. The lowest BCUT2D eigenvalue weighted by Gasteiger charge is -2.58. The number of allylic oxidation sites excluding steroid dienone is 2. The molecule has 3 N–H and O–H groups in total. The molecular formula is C34H43N3O5. The molecular weight excluding hydrogens is 530 g/mol. The maximum atomic E-state index is 12.6. The number of H-pyrrole nitrogens is 1. The number of aromatic amines is 1. The van der Waals surface area contributed by atoms with E-state index in [1.54, 1.807) is 13.1 Å². The molecule has 3 fully saturated rings. The highest BCUT2D eigenvalue weighted by molar-refractivity contribution is 5.96. The third-order valence-corrected chi connectivity index (χ3v) is 11.6. The van der Waals surface area contributed by atoms with Crippen LogP contribution < -0.4 is 5.32 Å². The van der Waals surface area contributed by atoms with E-state index in [9.17, 15) is 19.5 Å². The summed E-state index contributed by atoms with van der Waals surface area (Å²) in [5.41, 5.74) is 4.36. The van der Waals surface area contributed by atoms with Crippen LogP contribution in [0.25, 0.3) is 10.9 Å². The molecule has 1 aromatic heterocycles. The van der Waals surface area contributed by atoms with Crippen LogP contribution in [0.3, 0.4) is 0 Å². The molecule has 224 valence electrons. The first-order valence-corrected chi connectivity index (χ1v) is 15.6. The zero-order valence-electron chi connectivity index (χ0n) is 24.9. The fourth-order valence-corrected chi connectivity index (χ4v) is 9.44. The van der Waals surface area contributed by atoms with Crippen LogP contribution in [0.5, 0.6) is 0 Å². The number of ketones is 1. The molecule has 1 heterocycles. The summed E-state index contributed by atoms with van der Waals surface area (Å²) in [5, 5.41) is 17.6. The summed E-state index contributed by atoms with van der Waals surface area (Å²) in [5.74, 6) is 0.967. The number of para-hydroxylation sites is 1. The SMILES string of the molecule is CC(=O)[C@@H]1CC[C@@H]2[C@@H]3CCC4=CC(=NOCC(=O)N[C@H](Cc5c[nH]c6ccccc56)C(=O)O)CC[C@]4(C)[C@@H]3CC[C@@]21C. The molecule has 2 aromatic rings. The number of carbonyl (C=O) groups excluding carboxylic acids is 2. The summed E-state index contributed by atoms with van der Waals surface area (Å²) >= 11 is 0. The second kappa shape index (κ2) is 11.0. The molecule has 6 rings (SSSR count). The van der Waals surface area contributed by atoms with Gasteiger partial charge >= 0.3 is 5.97 Å². The van der Waals surface area contributed by atoms with Gasteiger partial charge in [-0.15, -0.1) is 0 Å². The van der Waals surface area contributed by atoms with Crippen LogP contribution in [-0.4, -0.2) is 46.1 Å². The van der Waals surface area contributed by atoms with Crippen molar-refractivity contribution in [1.29, 1.82) is 0 Å². The van der Waals surface area contributed by atoms with Crippen molar-refractivity contribution in [2.75, 3.05) is 6.61 Å². The number of oxime groups is 1. The van der Waals surface area contributed by atoms with Crippen LogP contribution in [0, 0.1) is 34.5 Å². The number of carboxylic acid groups (broad SMARTS) is 1. The summed E-state index contributed by atoms with van der Waals surface area (Å²) < 4.78 is 0. The smallest absolute Gasteiger partial charge is 0.326 e. The number of fused-ring (bicyclic) bond motifs is 6. The lowest BCUT2D eigenvalue weighted by Crippen LogP contribution is -2.51. The van der Waals surface area contributed by atoms with Crippen molar-refractivity contribution in [3.05, 3.63) is 47.7 Å². The Bertz CT molecular complexity index is 1460. The maximum absolute atomic E-state index is 12.6. The number of carbonyl (C=O) groups is 3. The van der Waals surface area contributed by atoms with Gasteiger partial charge in [0.15, 0.2) is 6.61 Å². The third kappa shape index (κ3) is 4.96. The first-order valence-electron chi connectivity index (χ1n) is 15.6. The molecule has 1 amide bonds. The molecule has 1 aromatic carbocycles. The molecule has 0 saturated heterocycles. The molecule has 0 radical (unpaired) electrons. The summed E-state index contributed by atoms with van der Waals surface area (Å²) in [6.45, 7) is 6.28. The summed E-state index contributed by atoms with van der Waals surface area (Å²) in [6.07, 6.45) is 12.7. The van der Waals surface area contributed by atoms with Crippen LogP contribution in [0.1, 0.15) is 77.7 Å². The number of aliphatic carboxylic acids is 1. The quantitative estimate of drug-likeness (QED) is 0.344. The van der Waals surface area contributed by atoms with Crippen molar-refractivity contribution in [3.63, 3.8) is 0 Å². The second-order valence-electron chi connectivity index (χ2n) is 13.7. The monoisotopic (exact) mass is 573 g/mol. The number of hydrogen-bond acceptors (Lipinski definition) is 5.